The van der Waals surface area contributed by atoms with Crippen LogP contribution in [0.2, 0.25) is 5.02 Å². The zero-order valence-electron chi connectivity index (χ0n) is 11.1. The van der Waals surface area contributed by atoms with Gasteiger partial charge in [-0.3, -0.25) is 4.98 Å². The van der Waals surface area contributed by atoms with Crippen molar-refractivity contribution >= 4 is 11.6 Å². The molecule has 1 fully saturated rings. The molecule has 0 spiro atoms. The average Bonchev–Trinajstić information content (AvgIpc) is 3.10. The fraction of sp³-hybridized carbons (Fsp3) is 0.500. The van der Waals surface area contributed by atoms with Crippen LogP contribution in [0.3, 0.4) is 0 Å². The van der Waals surface area contributed by atoms with Gasteiger partial charge < -0.3 is 10.3 Å². The van der Waals surface area contributed by atoms with Crippen molar-refractivity contribution < 1.29 is 4.52 Å². The smallest absolute Gasteiger partial charge is 0.228 e. The fourth-order valence-corrected chi connectivity index (χ4v) is 2.94. The van der Waals surface area contributed by atoms with E-state index >= 15 is 0 Å². The van der Waals surface area contributed by atoms with Crippen LogP contribution in [0.4, 0.5) is 0 Å². The lowest BCUT2D eigenvalue weighted by Gasteiger charge is -2.16. The monoisotopic (exact) mass is 292 g/mol. The van der Waals surface area contributed by atoms with E-state index in [1.165, 1.54) is 25.7 Å². The molecule has 0 amide bonds. The molecule has 0 saturated heterocycles. The molecule has 0 aliphatic heterocycles. The molecule has 3 rings (SSSR count). The highest BCUT2D eigenvalue weighted by atomic mass is 35.5. The van der Waals surface area contributed by atoms with Crippen LogP contribution in [0.5, 0.6) is 0 Å². The number of hydrogen-bond donors (Lipinski definition) is 1. The second-order valence-corrected chi connectivity index (χ2v) is 5.67. The zero-order valence-corrected chi connectivity index (χ0v) is 11.9. The summed E-state index contributed by atoms with van der Waals surface area (Å²) in [5.41, 5.74) is 6.76. The molecule has 2 aromatic heterocycles. The van der Waals surface area contributed by atoms with Gasteiger partial charge >= 0.3 is 0 Å². The minimum atomic E-state index is 0.0880. The number of hydrogen-bond acceptors (Lipinski definition) is 5. The van der Waals surface area contributed by atoms with Gasteiger partial charge in [0.05, 0.1) is 5.02 Å². The van der Waals surface area contributed by atoms with Crippen molar-refractivity contribution in [3.05, 3.63) is 29.2 Å². The highest BCUT2D eigenvalue weighted by Crippen LogP contribution is 2.28. The molecule has 2 heterocycles. The fourth-order valence-electron chi connectivity index (χ4n) is 2.74. The number of aromatic nitrogens is 3. The van der Waals surface area contributed by atoms with Gasteiger partial charge in [0.1, 0.15) is 5.69 Å². The minimum absolute atomic E-state index is 0.0880. The van der Waals surface area contributed by atoms with Gasteiger partial charge in [-0.1, -0.05) is 29.6 Å². The van der Waals surface area contributed by atoms with Crippen molar-refractivity contribution in [1.29, 1.82) is 0 Å². The van der Waals surface area contributed by atoms with Gasteiger partial charge in [-0.05, 0) is 30.9 Å². The average molecular weight is 293 g/mol. The Kier molecular flexibility index (Phi) is 3.98. The van der Waals surface area contributed by atoms with E-state index < -0.39 is 0 Å². The van der Waals surface area contributed by atoms with E-state index in [9.17, 15) is 0 Å². The molecule has 1 unspecified atom stereocenters. The van der Waals surface area contributed by atoms with Crippen molar-refractivity contribution in [1.82, 2.24) is 15.1 Å². The summed E-state index contributed by atoms with van der Waals surface area (Å²) < 4.78 is 5.26. The van der Waals surface area contributed by atoms with Crippen LogP contribution in [0.25, 0.3) is 11.5 Å². The Bertz CT molecular complexity index is 580. The van der Waals surface area contributed by atoms with Gasteiger partial charge in [-0.15, -0.1) is 0 Å². The molecule has 6 heteroatoms. The van der Waals surface area contributed by atoms with E-state index in [4.69, 9.17) is 21.9 Å². The van der Waals surface area contributed by atoms with Crippen LogP contribution in [0.15, 0.2) is 22.9 Å². The van der Waals surface area contributed by atoms with E-state index in [1.54, 1.807) is 18.3 Å². The maximum Gasteiger partial charge on any atom is 0.228 e. The molecule has 1 aliphatic carbocycles. The van der Waals surface area contributed by atoms with Crippen LogP contribution >= 0.6 is 11.6 Å². The van der Waals surface area contributed by atoms with E-state index in [2.05, 4.69) is 15.1 Å². The van der Waals surface area contributed by atoms with Gasteiger partial charge in [0.2, 0.25) is 11.7 Å². The maximum absolute atomic E-state index is 6.22. The summed E-state index contributed by atoms with van der Waals surface area (Å²) >= 11 is 6.07. The minimum Gasteiger partial charge on any atom is -0.339 e. The predicted molar refractivity (Wildman–Crippen MR) is 76.2 cm³/mol. The Labute approximate surface area is 122 Å². The third kappa shape index (κ3) is 2.83. The number of rotatable bonds is 4. The van der Waals surface area contributed by atoms with Crippen LogP contribution in [-0.4, -0.2) is 21.2 Å². The SMILES string of the molecule is NC(Cc1nc(-c2ncccc2Cl)no1)C1CCCC1. The first-order valence-corrected chi connectivity index (χ1v) is 7.31. The molecule has 2 aromatic rings. The van der Waals surface area contributed by atoms with Crippen molar-refractivity contribution in [2.24, 2.45) is 11.7 Å². The van der Waals surface area contributed by atoms with E-state index in [-0.39, 0.29) is 6.04 Å². The number of nitrogens with two attached hydrogens (primary N) is 1. The normalized spacial score (nSPS) is 17.5. The van der Waals surface area contributed by atoms with Crippen molar-refractivity contribution in [3.8, 4) is 11.5 Å². The van der Waals surface area contributed by atoms with Crippen LogP contribution in [0, 0.1) is 5.92 Å². The lowest BCUT2D eigenvalue weighted by atomic mass is 9.96. The van der Waals surface area contributed by atoms with Gasteiger partial charge in [-0.25, -0.2) is 0 Å². The molecule has 0 bridgehead atoms. The highest BCUT2D eigenvalue weighted by Gasteiger charge is 2.24. The Hall–Kier alpha value is -1.46. The summed E-state index contributed by atoms with van der Waals surface area (Å²) in [5, 5.41) is 4.45. The molecule has 106 valence electrons. The Balaban J connectivity index is 1.72. The highest BCUT2D eigenvalue weighted by molar-refractivity contribution is 6.32. The Morgan fingerprint density at radius 3 is 2.95 bits per heavy atom. The third-order valence-corrected chi connectivity index (χ3v) is 4.16. The summed E-state index contributed by atoms with van der Waals surface area (Å²) in [6.07, 6.45) is 7.22. The van der Waals surface area contributed by atoms with Crippen LogP contribution in [0.1, 0.15) is 31.6 Å². The van der Waals surface area contributed by atoms with E-state index in [0.29, 0.717) is 34.8 Å². The second-order valence-electron chi connectivity index (χ2n) is 5.26. The number of halogens is 1. The molecule has 1 saturated carbocycles. The molecule has 5 nitrogen and oxygen atoms in total. The molecule has 1 atom stereocenters. The summed E-state index contributed by atoms with van der Waals surface area (Å²) in [5.74, 6) is 1.55. The summed E-state index contributed by atoms with van der Waals surface area (Å²) in [6.45, 7) is 0. The Morgan fingerprint density at radius 1 is 1.40 bits per heavy atom. The van der Waals surface area contributed by atoms with Gasteiger partial charge in [0, 0.05) is 18.7 Å². The third-order valence-electron chi connectivity index (χ3n) is 3.85. The molecule has 1 aliphatic rings. The molecule has 0 radical (unpaired) electrons. The number of pyridine rings is 1. The molecule has 2 N–H and O–H groups in total. The summed E-state index contributed by atoms with van der Waals surface area (Å²) in [4.78, 5) is 8.52. The predicted octanol–water partition coefficient (Wildman–Crippen LogP) is 2.85. The number of nitrogens with zero attached hydrogens (tertiary/aromatic N) is 3. The van der Waals surface area contributed by atoms with Crippen LogP contribution < -0.4 is 5.73 Å². The summed E-state index contributed by atoms with van der Waals surface area (Å²) in [6, 6.07) is 3.61. The molecular weight excluding hydrogens is 276 g/mol. The Morgan fingerprint density at radius 2 is 2.20 bits per heavy atom. The van der Waals surface area contributed by atoms with Crippen molar-refractivity contribution in [2.75, 3.05) is 0 Å². The second kappa shape index (κ2) is 5.89. The topological polar surface area (TPSA) is 77.8 Å². The molecular formula is C14H17ClN4O. The first-order chi connectivity index (χ1) is 9.74. The van der Waals surface area contributed by atoms with E-state index in [0.717, 1.165) is 0 Å². The van der Waals surface area contributed by atoms with Crippen molar-refractivity contribution in [2.45, 2.75) is 38.1 Å². The van der Waals surface area contributed by atoms with Crippen LogP contribution in [-0.2, 0) is 6.42 Å². The quantitative estimate of drug-likeness (QED) is 0.937. The van der Waals surface area contributed by atoms with E-state index in [1.807, 2.05) is 0 Å². The maximum atomic E-state index is 6.22. The standard InChI is InChI=1S/C14H17ClN4O/c15-10-6-3-7-17-13(10)14-18-12(20-19-14)8-11(16)9-4-1-2-5-9/h3,6-7,9,11H,1-2,4-5,8,16H2. The molecule has 20 heavy (non-hydrogen) atoms. The largest absolute Gasteiger partial charge is 0.339 e. The molecule has 0 aromatic carbocycles. The zero-order chi connectivity index (χ0) is 13.9. The van der Waals surface area contributed by atoms with Gasteiger partial charge in [-0.2, -0.15) is 4.98 Å². The lowest BCUT2D eigenvalue weighted by Crippen LogP contribution is -2.30. The summed E-state index contributed by atoms with van der Waals surface area (Å²) in [7, 11) is 0. The van der Waals surface area contributed by atoms with Gasteiger partial charge in [0.25, 0.3) is 0 Å². The first kappa shape index (κ1) is 13.5. The van der Waals surface area contributed by atoms with Gasteiger partial charge in [0.15, 0.2) is 0 Å². The van der Waals surface area contributed by atoms with Crippen molar-refractivity contribution in [3.63, 3.8) is 0 Å². The lowest BCUT2D eigenvalue weighted by molar-refractivity contribution is 0.341. The first-order valence-electron chi connectivity index (χ1n) is 6.93.